The van der Waals surface area contributed by atoms with Gasteiger partial charge in [0.05, 0.1) is 34.2 Å². The van der Waals surface area contributed by atoms with Gasteiger partial charge in [0.25, 0.3) is 11.8 Å². The predicted molar refractivity (Wildman–Crippen MR) is 149 cm³/mol. The van der Waals surface area contributed by atoms with Crippen LogP contribution in [0.4, 0.5) is 5.69 Å². The number of rotatable bonds is 9. The van der Waals surface area contributed by atoms with Gasteiger partial charge in [-0.3, -0.25) is 9.59 Å². The van der Waals surface area contributed by atoms with Crippen LogP contribution in [-0.4, -0.2) is 38.4 Å². The number of anilines is 1. The maximum atomic E-state index is 13.1. The maximum absolute atomic E-state index is 13.1. The molecule has 9 nitrogen and oxygen atoms in total. The van der Waals surface area contributed by atoms with Gasteiger partial charge in [0.2, 0.25) is 9.84 Å². The molecule has 0 fully saturated rings. The molecule has 0 bridgehead atoms. The summed E-state index contributed by atoms with van der Waals surface area (Å²) in [4.78, 5) is 33.3. The van der Waals surface area contributed by atoms with Gasteiger partial charge in [-0.15, -0.1) is 11.3 Å². The average Bonchev–Trinajstić information content (AvgIpc) is 3.40. The quantitative estimate of drug-likeness (QED) is 0.194. The number of fused-ring (bicyclic) bond motifs is 2. The minimum Gasteiger partial charge on any atom is -0.494 e. The Labute approximate surface area is 234 Å². The maximum Gasteiger partial charge on any atom is 0.257 e. The van der Waals surface area contributed by atoms with Gasteiger partial charge in [0, 0.05) is 28.7 Å². The number of hydrogen-bond donors (Lipinski definition) is 3. The molecule has 39 heavy (non-hydrogen) atoms. The zero-order valence-electron chi connectivity index (χ0n) is 20.4. The van der Waals surface area contributed by atoms with Gasteiger partial charge in [-0.2, -0.15) is 0 Å². The molecule has 0 atom stereocenters. The molecule has 0 saturated carbocycles. The predicted octanol–water partition coefficient (Wildman–Crippen LogP) is 4.65. The van der Waals surface area contributed by atoms with Gasteiger partial charge in [-0.1, -0.05) is 12.1 Å². The molecule has 1 aliphatic heterocycles. The highest BCUT2D eigenvalue weighted by atomic mass is 35.5. The number of carbonyl (C=O) groups is 2. The third-order valence-electron chi connectivity index (χ3n) is 5.96. The largest absolute Gasteiger partial charge is 0.494 e. The molecule has 0 saturated heterocycles. The third kappa shape index (κ3) is 5.81. The number of sulfone groups is 1. The molecular weight excluding hydrogens is 560 g/mol. The molecule has 4 aromatic rings. The SMILES string of the molecule is O=C(NCc1cnc(-c2ccc(OCCCNCl)cc2)s1)c1ccc2c(c1)NC(=O)c1ccccc1S2(=O)=O. The molecule has 2 heterocycles. The van der Waals surface area contributed by atoms with Crippen LogP contribution in [0.25, 0.3) is 10.6 Å². The van der Waals surface area contributed by atoms with Gasteiger partial charge in [-0.05, 0) is 72.8 Å². The number of amides is 2. The summed E-state index contributed by atoms with van der Waals surface area (Å²) in [6.07, 6.45) is 2.49. The first-order valence-electron chi connectivity index (χ1n) is 12.0. The van der Waals surface area contributed by atoms with Crippen molar-refractivity contribution in [2.45, 2.75) is 22.8 Å². The average molecular weight is 583 g/mol. The number of nitrogens with one attached hydrogen (secondary N) is 3. The summed E-state index contributed by atoms with van der Waals surface area (Å²) < 4.78 is 32.0. The standard InChI is InChI=1S/C27H23ClN4O5S2/c28-31-12-3-13-37-19-9-6-17(7-10-19)27-30-16-20(38-27)15-29-25(33)18-8-11-24-22(14-18)32-26(34)21-4-1-2-5-23(21)39(24,35)36/h1-2,4-11,14,16,31H,3,12-13,15H2,(H,29,33)(H,32,34). The van der Waals surface area contributed by atoms with Gasteiger partial charge < -0.3 is 15.4 Å². The summed E-state index contributed by atoms with van der Waals surface area (Å²) >= 11 is 6.88. The number of ether oxygens (including phenoxy) is 1. The molecule has 1 aromatic heterocycles. The van der Waals surface area contributed by atoms with Gasteiger partial charge in [-0.25, -0.2) is 18.2 Å². The number of carbonyl (C=O) groups excluding carboxylic acids is 2. The number of halogens is 1. The van der Waals surface area contributed by atoms with Crippen molar-refractivity contribution < 1.29 is 22.7 Å². The van der Waals surface area contributed by atoms with Crippen LogP contribution in [0.3, 0.4) is 0 Å². The fraction of sp³-hybridized carbons (Fsp3) is 0.148. The minimum absolute atomic E-state index is 0.0580. The smallest absolute Gasteiger partial charge is 0.257 e. The number of benzene rings is 3. The Balaban J connectivity index is 1.24. The third-order valence-corrected chi connectivity index (χ3v) is 9.07. The van der Waals surface area contributed by atoms with E-state index in [0.717, 1.165) is 27.6 Å². The van der Waals surface area contributed by atoms with E-state index in [1.165, 1.54) is 41.7 Å². The van der Waals surface area contributed by atoms with E-state index < -0.39 is 21.7 Å². The van der Waals surface area contributed by atoms with Crippen molar-refractivity contribution in [3.8, 4) is 16.3 Å². The summed E-state index contributed by atoms with van der Waals surface area (Å²) in [5.74, 6) is -0.205. The Morgan fingerprint density at radius 2 is 1.85 bits per heavy atom. The first kappa shape index (κ1) is 26.8. The fourth-order valence-electron chi connectivity index (χ4n) is 4.01. The first-order chi connectivity index (χ1) is 18.9. The van der Waals surface area contributed by atoms with Crippen molar-refractivity contribution in [2.24, 2.45) is 0 Å². The van der Waals surface area contributed by atoms with E-state index in [0.29, 0.717) is 13.2 Å². The normalized spacial score (nSPS) is 13.5. The second-order valence-electron chi connectivity index (χ2n) is 8.59. The zero-order chi connectivity index (χ0) is 27.4. The number of nitrogens with zero attached hydrogens (tertiary/aromatic N) is 1. The monoisotopic (exact) mass is 582 g/mol. The topological polar surface area (TPSA) is 126 Å². The van der Waals surface area contributed by atoms with E-state index in [1.807, 2.05) is 24.3 Å². The van der Waals surface area contributed by atoms with Crippen LogP contribution < -0.4 is 20.2 Å². The molecule has 0 unspecified atom stereocenters. The van der Waals surface area contributed by atoms with Gasteiger partial charge in [0.15, 0.2) is 0 Å². The molecule has 1 aliphatic rings. The van der Waals surface area contributed by atoms with Crippen molar-refractivity contribution in [3.63, 3.8) is 0 Å². The molecule has 200 valence electrons. The zero-order valence-corrected chi connectivity index (χ0v) is 22.8. The summed E-state index contributed by atoms with van der Waals surface area (Å²) in [5.41, 5.74) is 1.27. The molecule has 5 rings (SSSR count). The molecule has 0 spiro atoms. The van der Waals surface area contributed by atoms with Crippen LogP contribution in [-0.2, 0) is 16.4 Å². The molecular formula is C27H23ClN4O5S2. The van der Waals surface area contributed by atoms with Crippen molar-refractivity contribution in [1.29, 1.82) is 0 Å². The van der Waals surface area contributed by atoms with E-state index in [1.54, 1.807) is 18.3 Å². The summed E-state index contributed by atoms with van der Waals surface area (Å²) in [5, 5.41) is 6.25. The van der Waals surface area contributed by atoms with E-state index in [9.17, 15) is 18.0 Å². The summed E-state index contributed by atoms with van der Waals surface area (Å²) in [6, 6.07) is 17.8. The van der Waals surface area contributed by atoms with Crippen LogP contribution >= 0.6 is 23.1 Å². The van der Waals surface area contributed by atoms with Crippen molar-refractivity contribution in [2.75, 3.05) is 18.5 Å². The molecule has 12 heteroatoms. The highest BCUT2D eigenvalue weighted by molar-refractivity contribution is 7.91. The van der Waals surface area contributed by atoms with Crippen molar-refractivity contribution in [3.05, 3.63) is 88.9 Å². The second kappa shape index (κ2) is 11.5. The summed E-state index contributed by atoms with van der Waals surface area (Å²) in [6.45, 7) is 1.46. The molecule has 3 N–H and O–H groups in total. The van der Waals surface area contributed by atoms with Crippen LogP contribution in [0, 0.1) is 0 Å². The van der Waals surface area contributed by atoms with E-state index >= 15 is 0 Å². The number of aromatic nitrogens is 1. The lowest BCUT2D eigenvalue weighted by Gasteiger charge is -2.10. The van der Waals surface area contributed by atoms with Gasteiger partial charge >= 0.3 is 0 Å². The Kier molecular flexibility index (Phi) is 7.94. The highest BCUT2D eigenvalue weighted by Gasteiger charge is 2.31. The van der Waals surface area contributed by atoms with Crippen molar-refractivity contribution >= 4 is 50.5 Å². The highest BCUT2D eigenvalue weighted by Crippen LogP contribution is 2.34. The molecule has 2 amide bonds. The van der Waals surface area contributed by atoms with E-state index in [2.05, 4.69) is 20.5 Å². The van der Waals surface area contributed by atoms with Crippen LogP contribution in [0.2, 0.25) is 0 Å². The number of hydrogen-bond acceptors (Lipinski definition) is 8. The van der Waals surface area contributed by atoms with Crippen LogP contribution in [0.1, 0.15) is 32.0 Å². The Hall–Kier alpha value is -3.77. The second-order valence-corrected chi connectivity index (χ2v) is 11.9. The number of thiazole rings is 1. The van der Waals surface area contributed by atoms with E-state index in [4.69, 9.17) is 16.5 Å². The van der Waals surface area contributed by atoms with Crippen LogP contribution in [0.15, 0.2) is 82.7 Å². The fourth-order valence-corrected chi connectivity index (χ4v) is 6.60. The van der Waals surface area contributed by atoms with E-state index in [-0.39, 0.29) is 33.2 Å². The Morgan fingerprint density at radius 3 is 2.64 bits per heavy atom. The molecule has 0 aliphatic carbocycles. The Bertz CT molecular complexity index is 1640. The van der Waals surface area contributed by atoms with Crippen molar-refractivity contribution in [1.82, 2.24) is 15.1 Å². The first-order valence-corrected chi connectivity index (χ1v) is 14.6. The van der Waals surface area contributed by atoms with Gasteiger partial charge in [0.1, 0.15) is 10.8 Å². The minimum atomic E-state index is -3.94. The van der Waals surface area contributed by atoms with Crippen LogP contribution in [0.5, 0.6) is 5.75 Å². The Morgan fingerprint density at radius 1 is 1.05 bits per heavy atom. The summed E-state index contributed by atoms with van der Waals surface area (Å²) in [7, 11) is -3.94. The lowest BCUT2D eigenvalue weighted by molar-refractivity contribution is 0.0949. The molecule has 0 radical (unpaired) electrons. The molecule has 3 aromatic carbocycles. The lowest BCUT2D eigenvalue weighted by atomic mass is 10.1. The lowest BCUT2D eigenvalue weighted by Crippen LogP contribution is -2.22.